The molecule has 0 fully saturated rings. The Morgan fingerprint density at radius 3 is 1.33 bits per heavy atom. The third-order valence-electron chi connectivity index (χ3n) is 0.571. The van der Waals surface area contributed by atoms with Gasteiger partial charge in [0.25, 0.3) is 0 Å². The molecule has 0 saturated heterocycles. The van der Waals surface area contributed by atoms with Crippen molar-refractivity contribution in [3.63, 3.8) is 0 Å². The van der Waals surface area contributed by atoms with Gasteiger partial charge in [0.2, 0.25) is 12.2 Å². The number of hydrogen-bond acceptors (Lipinski definition) is 9. The maximum Gasteiger partial charge on any atom is 1.00 e. The van der Waals surface area contributed by atoms with Crippen molar-refractivity contribution in [2.24, 2.45) is 8.80 Å². The molecule has 0 aromatic rings. The van der Waals surface area contributed by atoms with E-state index in [1.54, 1.807) is 0 Å². The van der Waals surface area contributed by atoms with E-state index in [-0.39, 0.29) is 29.6 Å². The molecule has 0 heterocycles. The zero-order valence-corrected chi connectivity index (χ0v) is 12.6. The normalized spacial score (nSPS) is 7.76. The second-order valence-corrected chi connectivity index (χ2v) is 2.37. The fraction of sp³-hybridized carbons (Fsp3) is 0.167. The molecule has 0 spiro atoms. The number of halogens is 3. The fourth-order valence-electron chi connectivity index (χ4n) is 0.0537. The molecule has 0 aromatic heterocycles. The first-order valence-corrected chi connectivity index (χ1v) is 4.28. The van der Waals surface area contributed by atoms with Crippen molar-refractivity contribution < 1.29 is 82.0 Å². The Morgan fingerprint density at radius 1 is 1.00 bits per heavy atom. The number of carbonyl (C=O) groups is 3. The first-order valence-electron chi connectivity index (χ1n) is 3.55. The van der Waals surface area contributed by atoms with Crippen LogP contribution in [0.4, 0.5) is 13.2 Å². The summed E-state index contributed by atoms with van der Waals surface area (Å²) in [6.45, 7) is 0. The molecule has 2 N–H and O–H groups in total. The summed E-state index contributed by atoms with van der Waals surface area (Å²) in [6, 6.07) is 0. The average Bonchev–Trinajstić information content (AvgIpc) is 2.30. The largest absolute Gasteiger partial charge is 1.00 e. The van der Waals surface area contributed by atoms with Gasteiger partial charge in [-0.25, -0.2) is 19.2 Å². The maximum atomic E-state index is 10.5. The number of alkyl halides is 3. The van der Waals surface area contributed by atoms with Crippen LogP contribution in [0.3, 0.4) is 0 Å². The number of hydrogen-bond donors (Lipinski definition) is 2. The van der Waals surface area contributed by atoms with Crippen molar-refractivity contribution >= 4 is 42.2 Å². The first kappa shape index (κ1) is 27.6. The molecule has 0 radical (unpaired) electrons. The number of isocyanates is 2. The quantitative estimate of drug-likeness (QED) is 0.165. The third kappa shape index (κ3) is 32.1. The van der Waals surface area contributed by atoms with Crippen LogP contribution in [0, 0.1) is 0 Å². The van der Waals surface area contributed by atoms with Crippen LogP contribution in [-0.2, 0) is 24.0 Å². The summed E-state index contributed by atoms with van der Waals surface area (Å²) in [5.74, 6) is -6.66. The van der Waals surface area contributed by atoms with Crippen molar-refractivity contribution in [3.05, 3.63) is 0 Å². The summed E-state index contributed by atoms with van der Waals surface area (Å²) in [4.78, 5) is 45.3. The van der Waals surface area contributed by atoms with E-state index in [1.807, 2.05) is 0 Å². The van der Waals surface area contributed by atoms with Gasteiger partial charge in [0.05, 0.1) is 0 Å². The van der Waals surface area contributed by atoms with Crippen LogP contribution in [-0.4, -0.2) is 46.5 Å². The summed E-state index contributed by atoms with van der Waals surface area (Å²) < 4.78 is 37.2. The smallest absolute Gasteiger partial charge is 0.542 e. The van der Waals surface area contributed by atoms with Crippen LogP contribution in [0.25, 0.3) is 0 Å². The Kier molecular flexibility index (Phi) is 21.5. The monoisotopic (exact) mass is 342 g/mol. The van der Waals surface area contributed by atoms with Crippen LogP contribution in [0.2, 0.25) is 0 Å². The first-order chi connectivity index (χ1) is 9.00. The molecular formula is C6H2F3N2NaO8S. The summed E-state index contributed by atoms with van der Waals surface area (Å²) in [7, 11) is 0. The van der Waals surface area contributed by atoms with Crippen molar-refractivity contribution in [2.75, 3.05) is 0 Å². The van der Waals surface area contributed by atoms with E-state index in [9.17, 15) is 22.8 Å². The Bertz CT molecular complexity index is 416. The van der Waals surface area contributed by atoms with Crippen LogP contribution in [0.15, 0.2) is 8.80 Å². The Morgan fingerprint density at radius 2 is 1.24 bits per heavy atom. The second-order valence-electron chi connectivity index (χ2n) is 1.84. The Hall–Kier alpha value is -1.69. The molecule has 0 atom stereocenters. The molecule has 0 aliphatic carbocycles. The number of nitrogens with zero attached hydrogens (tertiary/aromatic N) is 2. The second kappa shape index (κ2) is 16.4. The predicted octanol–water partition coefficient (Wildman–Crippen LogP) is -4.32. The topological polar surface area (TPSA) is 174 Å². The molecule has 0 amide bonds. The van der Waals surface area contributed by atoms with E-state index < -0.39 is 24.1 Å². The molecule has 10 nitrogen and oxygen atoms in total. The standard InChI is InChI=1S/C2HF3O2.C2N2O2S.C2H2O4.Na/c3-2(4,5)1(6)7;5-1-3-7-4-2-6;3-1(4)2(5)6;/h(H,6,7);;(H,3,4)(H,5,6);/q;;;+1/p-1. The van der Waals surface area contributed by atoms with Gasteiger partial charge in [-0.2, -0.15) is 13.2 Å². The molecule has 0 aromatic carbocycles. The average molecular weight is 342 g/mol. The van der Waals surface area contributed by atoms with Crippen molar-refractivity contribution in [1.29, 1.82) is 0 Å². The van der Waals surface area contributed by atoms with Crippen LogP contribution in [0.1, 0.15) is 0 Å². The van der Waals surface area contributed by atoms with Gasteiger partial charge < -0.3 is 20.1 Å². The molecule has 21 heavy (non-hydrogen) atoms. The van der Waals surface area contributed by atoms with Gasteiger partial charge in [-0.05, 0) is 0 Å². The third-order valence-corrected chi connectivity index (χ3v) is 0.883. The molecule has 0 saturated carbocycles. The predicted molar refractivity (Wildman–Crippen MR) is 50.2 cm³/mol. The van der Waals surface area contributed by atoms with E-state index in [4.69, 9.17) is 29.7 Å². The van der Waals surface area contributed by atoms with Crippen LogP contribution < -0.4 is 34.7 Å². The number of carbonyl (C=O) groups excluding carboxylic acids is 3. The van der Waals surface area contributed by atoms with Gasteiger partial charge in [0.1, 0.15) is 18.1 Å². The van der Waals surface area contributed by atoms with E-state index in [0.29, 0.717) is 12.1 Å². The number of aliphatic carboxylic acids is 3. The molecule has 0 rings (SSSR count). The summed E-state index contributed by atoms with van der Waals surface area (Å²) in [6.07, 6.45) is -2.86. The van der Waals surface area contributed by atoms with E-state index in [1.165, 1.54) is 12.2 Å². The van der Waals surface area contributed by atoms with E-state index >= 15 is 0 Å². The van der Waals surface area contributed by atoms with Gasteiger partial charge in [0.15, 0.2) is 0 Å². The Labute approximate surface area is 139 Å². The summed E-state index contributed by atoms with van der Waals surface area (Å²) in [5, 5.41) is 23.6. The zero-order valence-electron chi connectivity index (χ0n) is 9.78. The Balaban J connectivity index is -0.000000101. The van der Waals surface area contributed by atoms with Crippen molar-refractivity contribution in [2.45, 2.75) is 6.18 Å². The van der Waals surface area contributed by atoms with Gasteiger partial charge in [0, 0.05) is 0 Å². The van der Waals surface area contributed by atoms with Crippen molar-refractivity contribution in [3.8, 4) is 0 Å². The number of carboxylic acids is 3. The SMILES string of the molecule is O=C(O)C(=O)O.O=C([O-])C(F)(F)F.O=C=NSN=C=O.[Na+]. The molecule has 112 valence electrons. The van der Waals surface area contributed by atoms with E-state index in [0.717, 1.165) is 0 Å². The molecule has 15 heteroatoms. The van der Waals surface area contributed by atoms with Crippen LogP contribution >= 0.6 is 12.1 Å². The summed E-state index contributed by atoms with van der Waals surface area (Å²) >= 11 is 0.456. The minimum Gasteiger partial charge on any atom is -0.542 e. The van der Waals surface area contributed by atoms with Crippen molar-refractivity contribution in [1.82, 2.24) is 0 Å². The molecule has 0 aliphatic rings. The number of rotatable bonds is 2. The maximum absolute atomic E-state index is 10.5. The molecule has 0 bridgehead atoms. The zero-order chi connectivity index (χ0) is 16.8. The minimum atomic E-state index is -5.19. The van der Waals surface area contributed by atoms with Gasteiger partial charge in [-0.1, -0.05) is 0 Å². The minimum absolute atomic E-state index is 0. The van der Waals surface area contributed by atoms with Gasteiger partial charge >= 0.3 is 47.7 Å². The summed E-state index contributed by atoms with van der Waals surface area (Å²) in [5.41, 5.74) is 0. The van der Waals surface area contributed by atoms with Gasteiger partial charge in [-0.3, -0.25) is 0 Å². The molecule has 0 unspecified atom stereocenters. The van der Waals surface area contributed by atoms with Crippen LogP contribution in [0.5, 0.6) is 0 Å². The molecule has 0 aliphatic heterocycles. The van der Waals surface area contributed by atoms with E-state index in [2.05, 4.69) is 8.80 Å². The molecular weight excluding hydrogens is 340 g/mol. The fourth-order valence-corrected chi connectivity index (χ4v) is 0.161. The number of carboxylic acid groups (broad SMARTS) is 3. The van der Waals surface area contributed by atoms with Gasteiger partial charge in [-0.15, -0.1) is 8.80 Å².